The summed E-state index contributed by atoms with van der Waals surface area (Å²) in [6, 6.07) is 10.4. The Labute approximate surface area is 92.1 Å². The fourth-order valence-corrected chi connectivity index (χ4v) is 3.48. The van der Waals surface area contributed by atoms with E-state index in [1.807, 2.05) is 19.9 Å². The van der Waals surface area contributed by atoms with Gasteiger partial charge in [0.25, 0.3) is 0 Å². The Morgan fingerprint density at radius 1 is 1.07 bits per heavy atom. The minimum atomic E-state index is -0.646. The van der Waals surface area contributed by atoms with Crippen molar-refractivity contribution in [3.05, 3.63) is 35.9 Å². The van der Waals surface area contributed by atoms with Crippen molar-refractivity contribution in [3.8, 4) is 0 Å². The van der Waals surface area contributed by atoms with Crippen molar-refractivity contribution in [2.24, 2.45) is 11.8 Å². The lowest BCUT2D eigenvalue weighted by Gasteiger charge is -2.32. The molecule has 1 unspecified atom stereocenters. The van der Waals surface area contributed by atoms with E-state index in [4.69, 9.17) is 0 Å². The number of rotatable bonds is 2. The summed E-state index contributed by atoms with van der Waals surface area (Å²) >= 11 is 0. The molecule has 2 rings (SSSR count). The molecule has 0 spiro atoms. The highest BCUT2D eigenvalue weighted by atomic mass is 16.3. The SMILES string of the molecule is C[C@@H]1[C@H](C)C1(c1ccccc1)C(C)(C)O. The second-order valence-electron chi connectivity index (χ2n) is 5.37. The number of hydrogen-bond donors (Lipinski definition) is 1. The van der Waals surface area contributed by atoms with Crippen molar-refractivity contribution in [2.75, 3.05) is 0 Å². The van der Waals surface area contributed by atoms with Crippen LogP contribution < -0.4 is 0 Å². The van der Waals surface area contributed by atoms with Crippen LogP contribution in [0.2, 0.25) is 0 Å². The largest absolute Gasteiger partial charge is 0.390 e. The normalized spacial score (nSPS) is 35.3. The van der Waals surface area contributed by atoms with Crippen LogP contribution in [-0.2, 0) is 5.41 Å². The van der Waals surface area contributed by atoms with Gasteiger partial charge in [0.15, 0.2) is 0 Å². The van der Waals surface area contributed by atoms with E-state index in [2.05, 4.69) is 38.1 Å². The van der Waals surface area contributed by atoms with Gasteiger partial charge in [-0.25, -0.2) is 0 Å². The minimum Gasteiger partial charge on any atom is -0.390 e. The third-order valence-corrected chi connectivity index (χ3v) is 4.34. The van der Waals surface area contributed by atoms with E-state index in [0.29, 0.717) is 11.8 Å². The molecule has 1 fully saturated rings. The molecule has 15 heavy (non-hydrogen) atoms. The number of hydrogen-bond acceptors (Lipinski definition) is 1. The zero-order chi connectivity index (χ0) is 11.3. The Balaban J connectivity index is 2.48. The van der Waals surface area contributed by atoms with E-state index in [1.54, 1.807) is 0 Å². The van der Waals surface area contributed by atoms with Gasteiger partial charge in [-0.3, -0.25) is 0 Å². The van der Waals surface area contributed by atoms with Crippen LogP contribution in [0.15, 0.2) is 30.3 Å². The third-order valence-electron chi connectivity index (χ3n) is 4.34. The van der Waals surface area contributed by atoms with Gasteiger partial charge in [-0.05, 0) is 31.2 Å². The van der Waals surface area contributed by atoms with E-state index in [9.17, 15) is 5.11 Å². The molecule has 0 aromatic heterocycles. The van der Waals surface area contributed by atoms with Gasteiger partial charge in [0.1, 0.15) is 0 Å². The molecule has 1 aliphatic rings. The maximum absolute atomic E-state index is 10.4. The molecule has 1 aliphatic carbocycles. The average molecular weight is 204 g/mol. The van der Waals surface area contributed by atoms with Gasteiger partial charge in [-0.2, -0.15) is 0 Å². The van der Waals surface area contributed by atoms with Gasteiger partial charge >= 0.3 is 0 Å². The van der Waals surface area contributed by atoms with E-state index in [0.717, 1.165) is 0 Å². The molecule has 0 radical (unpaired) electrons. The molecule has 1 N–H and O–H groups in total. The van der Waals surface area contributed by atoms with Gasteiger partial charge in [-0.15, -0.1) is 0 Å². The van der Waals surface area contributed by atoms with Crippen LogP contribution in [-0.4, -0.2) is 10.7 Å². The first-order chi connectivity index (χ1) is 6.92. The lowest BCUT2D eigenvalue weighted by Crippen LogP contribution is -2.38. The lowest BCUT2D eigenvalue weighted by molar-refractivity contribution is 0.0278. The molecular weight excluding hydrogens is 184 g/mol. The molecular formula is C14H20O. The van der Waals surface area contributed by atoms with Crippen molar-refractivity contribution in [1.82, 2.24) is 0 Å². The van der Waals surface area contributed by atoms with Crippen LogP contribution in [0.5, 0.6) is 0 Å². The topological polar surface area (TPSA) is 20.2 Å². The summed E-state index contributed by atoms with van der Waals surface area (Å²) in [4.78, 5) is 0. The summed E-state index contributed by atoms with van der Waals surface area (Å²) in [5.74, 6) is 1.11. The summed E-state index contributed by atoms with van der Waals surface area (Å²) in [6.07, 6.45) is 0. The fraction of sp³-hybridized carbons (Fsp3) is 0.571. The van der Waals surface area contributed by atoms with Crippen LogP contribution in [0.25, 0.3) is 0 Å². The van der Waals surface area contributed by atoms with Crippen molar-refractivity contribution >= 4 is 0 Å². The second-order valence-corrected chi connectivity index (χ2v) is 5.37. The molecule has 0 saturated heterocycles. The molecule has 3 atom stereocenters. The monoisotopic (exact) mass is 204 g/mol. The molecule has 0 heterocycles. The molecule has 1 aromatic rings. The maximum Gasteiger partial charge on any atom is 0.0693 e. The van der Waals surface area contributed by atoms with E-state index in [1.165, 1.54) is 5.56 Å². The predicted molar refractivity (Wildman–Crippen MR) is 62.7 cm³/mol. The Morgan fingerprint density at radius 3 is 1.87 bits per heavy atom. The van der Waals surface area contributed by atoms with Gasteiger partial charge in [-0.1, -0.05) is 44.2 Å². The summed E-state index contributed by atoms with van der Waals surface area (Å²) in [5.41, 5.74) is 0.582. The van der Waals surface area contributed by atoms with Gasteiger partial charge in [0.2, 0.25) is 0 Å². The Hall–Kier alpha value is -0.820. The summed E-state index contributed by atoms with van der Waals surface area (Å²) in [5, 5.41) is 10.4. The molecule has 0 amide bonds. The Morgan fingerprint density at radius 2 is 1.53 bits per heavy atom. The molecule has 1 aromatic carbocycles. The molecule has 1 heteroatoms. The molecule has 82 valence electrons. The second kappa shape index (κ2) is 3.08. The number of benzene rings is 1. The van der Waals surface area contributed by atoms with Crippen molar-refractivity contribution in [1.29, 1.82) is 0 Å². The smallest absolute Gasteiger partial charge is 0.0693 e. The average Bonchev–Trinajstić information content (AvgIpc) is 2.71. The summed E-state index contributed by atoms with van der Waals surface area (Å²) in [6.45, 7) is 8.32. The minimum absolute atomic E-state index is 0.0474. The molecule has 1 nitrogen and oxygen atoms in total. The Bertz CT molecular complexity index is 339. The standard InChI is InChI=1S/C14H20O/c1-10-11(2)14(10,13(3,4)15)12-8-6-5-7-9-12/h5-11,15H,1-4H3/t10-,11+,14?. The number of aliphatic hydroxyl groups is 1. The van der Waals surface area contributed by atoms with Crippen molar-refractivity contribution in [2.45, 2.75) is 38.7 Å². The van der Waals surface area contributed by atoms with E-state index < -0.39 is 5.60 Å². The van der Waals surface area contributed by atoms with Crippen LogP contribution in [0.1, 0.15) is 33.3 Å². The summed E-state index contributed by atoms with van der Waals surface area (Å²) < 4.78 is 0. The first-order valence-corrected chi connectivity index (χ1v) is 5.70. The lowest BCUT2D eigenvalue weighted by atomic mass is 9.78. The van der Waals surface area contributed by atoms with Gasteiger partial charge < -0.3 is 5.11 Å². The molecule has 0 aliphatic heterocycles. The van der Waals surface area contributed by atoms with Crippen LogP contribution in [0, 0.1) is 11.8 Å². The van der Waals surface area contributed by atoms with Crippen molar-refractivity contribution < 1.29 is 5.11 Å². The molecule has 0 bridgehead atoms. The summed E-state index contributed by atoms with van der Waals surface area (Å²) in [7, 11) is 0. The highest BCUT2D eigenvalue weighted by Gasteiger charge is 2.67. The van der Waals surface area contributed by atoms with Crippen molar-refractivity contribution in [3.63, 3.8) is 0 Å². The zero-order valence-corrected chi connectivity index (χ0v) is 9.99. The quantitative estimate of drug-likeness (QED) is 0.785. The Kier molecular flexibility index (Phi) is 2.20. The van der Waals surface area contributed by atoms with Gasteiger partial charge in [0.05, 0.1) is 5.60 Å². The van der Waals surface area contributed by atoms with E-state index in [-0.39, 0.29) is 5.41 Å². The zero-order valence-electron chi connectivity index (χ0n) is 9.99. The van der Waals surface area contributed by atoms with Crippen LogP contribution in [0.3, 0.4) is 0 Å². The highest BCUT2D eigenvalue weighted by molar-refractivity contribution is 5.39. The highest BCUT2D eigenvalue weighted by Crippen LogP contribution is 2.64. The van der Waals surface area contributed by atoms with Crippen LogP contribution in [0.4, 0.5) is 0 Å². The first kappa shape index (κ1) is 10.7. The fourth-order valence-electron chi connectivity index (χ4n) is 3.48. The van der Waals surface area contributed by atoms with Gasteiger partial charge in [0, 0.05) is 5.41 Å². The van der Waals surface area contributed by atoms with Crippen LogP contribution >= 0.6 is 0 Å². The first-order valence-electron chi connectivity index (χ1n) is 5.70. The maximum atomic E-state index is 10.4. The van der Waals surface area contributed by atoms with E-state index >= 15 is 0 Å². The third kappa shape index (κ3) is 1.26. The predicted octanol–water partition coefficient (Wildman–Crippen LogP) is 2.98. The molecule has 1 saturated carbocycles.